The Morgan fingerprint density at radius 3 is 1.48 bits per heavy atom. The van der Waals surface area contributed by atoms with Gasteiger partial charge in [-0.3, -0.25) is 28.8 Å². The van der Waals surface area contributed by atoms with Crippen LogP contribution in [0.5, 0.6) is 11.5 Å². The lowest BCUT2D eigenvalue weighted by molar-refractivity contribution is -0.150. The number of nitrogens with one attached hydrogen (secondary N) is 5. The molecule has 0 spiro atoms. The fourth-order valence-corrected chi connectivity index (χ4v) is 13.2. The molecule has 0 heterocycles. The third kappa shape index (κ3) is 33.4. The van der Waals surface area contributed by atoms with E-state index in [0.29, 0.717) is 128 Å². The highest BCUT2D eigenvalue weighted by atomic mass is 32.2. The fourth-order valence-electron chi connectivity index (χ4n) is 12.1. The van der Waals surface area contributed by atoms with E-state index in [2.05, 4.69) is 26.6 Å². The van der Waals surface area contributed by atoms with Gasteiger partial charge in [0.25, 0.3) is 17.6 Å². The predicted octanol–water partition coefficient (Wildman–Crippen LogP) is 6.45. The summed E-state index contributed by atoms with van der Waals surface area (Å²) in [5.74, 6) is -3.69. The van der Waals surface area contributed by atoms with Gasteiger partial charge >= 0.3 is 11.9 Å². The van der Waals surface area contributed by atoms with Crippen LogP contribution in [0.4, 0.5) is 0 Å². The van der Waals surface area contributed by atoms with Crippen molar-refractivity contribution in [2.75, 3.05) is 72.4 Å². The second kappa shape index (κ2) is 42.2. The third-order valence-electron chi connectivity index (χ3n) is 18.1. The van der Waals surface area contributed by atoms with E-state index in [9.17, 15) is 38.7 Å². The van der Waals surface area contributed by atoms with E-state index in [-0.39, 0.29) is 96.5 Å². The molecule has 14 N–H and O–H groups in total. The van der Waals surface area contributed by atoms with Gasteiger partial charge in [0.2, 0.25) is 5.91 Å². The minimum atomic E-state index is -1.57. The van der Waals surface area contributed by atoms with Crippen molar-refractivity contribution in [1.29, 1.82) is 0 Å². The molecule has 25 heteroatoms. The highest BCUT2D eigenvalue weighted by Gasteiger charge is 2.41. The summed E-state index contributed by atoms with van der Waals surface area (Å²) in [6, 6.07) is 10.8. The van der Waals surface area contributed by atoms with E-state index < -0.39 is 70.3 Å². The summed E-state index contributed by atoms with van der Waals surface area (Å²) in [4.78, 5) is 93.9. The van der Waals surface area contributed by atoms with E-state index in [1.54, 1.807) is 24.3 Å². The van der Waals surface area contributed by atoms with Crippen LogP contribution in [0.15, 0.2) is 48.5 Å². The van der Waals surface area contributed by atoms with Gasteiger partial charge in [0.15, 0.2) is 18.3 Å². The first kappa shape index (κ1) is 85.1. The topological polar surface area (TPSA) is 369 Å². The molecule has 2 saturated carbocycles. The maximum Gasteiger partial charge on any atom is 0.373 e. The van der Waals surface area contributed by atoms with Crippen molar-refractivity contribution in [2.45, 2.75) is 250 Å². The monoisotopic (exact) mass is 1400 g/mol. The average molecular weight is 1400 g/mol. The van der Waals surface area contributed by atoms with Crippen molar-refractivity contribution < 1.29 is 71.8 Å². The van der Waals surface area contributed by atoms with Crippen molar-refractivity contribution in [1.82, 2.24) is 26.6 Å². The van der Waals surface area contributed by atoms with Crippen LogP contribution in [0.2, 0.25) is 0 Å². The maximum absolute atomic E-state index is 14.5. The Hall–Kier alpha value is -5.32. The summed E-state index contributed by atoms with van der Waals surface area (Å²) in [7, 11) is 0. The molecule has 98 heavy (non-hydrogen) atoms. The highest BCUT2D eigenvalue weighted by molar-refractivity contribution is 8.14. The lowest BCUT2D eigenvalue weighted by atomic mass is 9.75. The first-order valence-electron chi connectivity index (χ1n) is 35.4. The van der Waals surface area contributed by atoms with Crippen LogP contribution < -0.4 is 59.0 Å². The van der Waals surface area contributed by atoms with Gasteiger partial charge in [0.1, 0.15) is 17.5 Å². The van der Waals surface area contributed by atoms with Crippen LogP contribution in [0.3, 0.4) is 0 Å². The molecule has 2 aliphatic rings. The number of Topliss-reactive ketones (excluding diaryl/α,β-unsaturated/α-hetero) is 1. The SMILES string of the molecule is CC(=O)SC1CC(N[C@@H](CC(C)C)C(=O)C(=O)O)C(Cc2ccc(OCC(=O)NCCC(C)(C)OCCC(C)(C)OCCN)cc2)CC(NC(=O)[C@@H](N)CCOC(=O)[C@H](CC(C)C)NC2CCC2N)CC1Cc1ccc(OCC(=O)NCCC(C)(C)OCCC(C)(C)OCCN)cc1. The summed E-state index contributed by atoms with van der Waals surface area (Å²) in [6.07, 6.45) is 6.91. The van der Waals surface area contributed by atoms with Crippen molar-refractivity contribution in [3.63, 3.8) is 0 Å². The second-order valence-corrected chi connectivity index (χ2v) is 31.4. The zero-order valence-corrected chi connectivity index (χ0v) is 61.9. The van der Waals surface area contributed by atoms with Crippen molar-refractivity contribution >= 4 is 52.3 Å². The zero-order valence-electron chi connectivity index (χ0n) is 61.1. The number of thioether (sulfide) groups is 1. The molecule has 2 fully saturated rings. The van der Waals surface area contributed by atoms with E-state index in [4.69, 9.17) is 56.1 Å². The van der Waals surface area contributed by atoms with Gasteiger partial charge < -0.3 is 87.8 Å². The standard InChI is InChI=1S/C73H123N9O15S/c1-47(2)38-61(66(86)68(88)89)82-60-44-63(98-49(5)83)53(41-51-16-20-56(21-17-51)93-46-65(85)79-32-26-71(8,9)95-35-28-73(12,13)97-37-30-75)43-54(80-67(87)58(77)24-33-91-69(90)62(39-48(3)4)81-59-23-22-57(59)76)42-52(60)40-50-14-18-55(19-15-50)92-45-64(84)78-31-25-70(6,7)94-34-27-72(10,11)96-36-29-74/h14-21,47-48,52-54,57-63,81-82H,22-46,74-77H2,1-13H3,(H,78,84)(H,79,85)(H,80,87)(H,88,89)/t52?,53?,54?,57?,58-,59?,60?,61-,62-,63?/m0/s1. The van der Waals surface area contributed by atoms with E-state index in [1.807, 2.05) is 107 Å². The van der Waals surface area contributed by atoms with Gasteiger partial charge in [-0.05, 0) is 198 Å². The Kier molecular flexibility index (Phi) is 36.6. The molecule has 7 unspecified atom stereocenters. The summed E-state index contributed by atoms with van der Waals surface area (Å²) >= 11 is 1.17. The molecule has 556 valence electrons. The van der Waals surface area contributed by atoms with Gasteiger partial charge in [-0.2, -0.15) is 0 Å². The minimum Gasteiger partial charge on any atom is -0.484 e. The molecule has 0 aliphatic heterocycles. The van der Waals surface area contributed by atoms with E-state index in [1.165, 1.54) is 18.7 Å². The predicted molar refractivity (Wildman–Crippen MR) is 383 cm³/mol. The molecule has 2 aromatic carbocycles. The lowest BCUT2D eigenvalue weighted by Crippen LogP contribution is -2.58. The van der Waals surface area contributed by atoms with Gasteiger partial charge in [0, 0.05) is 68.9 Å². The fraction of sp³-hybridized carbons (Fsp3) is 0.740. The Balaban J connectivity index is 1.59. The number of rotatable bonds is 47. The van der Waals surface area contributed by atoms with Gasteiger partial charge in [-0.15, -0.1) is 0 Å². The van der Waals surface area contributed by atoms with Crippen molar-refractivity contribution in [3.05, 3.63) is 59.7 Å². The van der Waals surface area contributed by atoms with Crippen LogP contribution in [-0.2, 0) is 70.1 Å². The summed E-state index contributed by atoms with van der Waals surface area (Å²) in [6.45, 7) is 28.2. The number of carboxylic acid groups (broad SMARTS) is 1. The van der Waals surface area contributed by atoms with E-state index >= 15 is 0 Å². The molecule has 0 saturated heterocycles. The number of carboxylic acids is 1. The molecule has 3 amide bonds. The summed E-state index contributed by atoms with van der Waals surface area (Å²) in [5.41, 5.74) is 24.1. The zero-order chi connectivity index (χ0) is 72.8. The number of hydrogen-bond donors (Lipinski definition) is 10. The number of amides is 3. The molecule has 0 bridgehead atoms. The first-order chi connectivity index (χ1) is 46.1. The number of carbonyl (C=O) groups is 7. The number of benzene rings is 2. The number of carbonyl (C=O) groups excluding carboxylic acids is 6. The molecule has 10 atom stereocenters. The number of aliphatic carboxylic acids is 1. The largest absolute Gasteiger partial charge is 0.484 e. The molecule has 0 radical (unpaired) electrons. The normalized spacial score (nSPS) is 20.3. The summed E-state index contributed by atoms with van der Waals surface area (Å²) < 4.78 is 41.6. The quantitative estimate of drug-likeness (QED) is 0.0251. The number of esters is 1. The first-order valence-corrected chi connectivity index (χ1v) is 36.3. The average Bonchev–Trinajstić information content (AvgIpc) is 0.808. The Bertz CT molecular complexity index is 2750. The van der Waals surface area contributed by atoms with Gasteiger partial charge in [-0.1, -0.05) is 63.7 Å². The summed E-state index contributed by atoms with van der Waals surface area (Å²) in [5, 5.41) is 25.7. The van der Waals surface area contributed by atoms with Crippen LogP contribution in [0.1, 0.15) is 178 Å². The van der Waals surface area contributed by atoms with Gasteiger partial charge in [-0.25, -0.2) is 4.79 Å². The Morgan fingerprint density at radius 2 is 1.04 bits per heavy atom. The molecule has 4 rings (SSSR count). The Labute approximate surface area is 588 Å². The molecular weight excluding hydrogens is 1270 g/mol. The van der Waals surface area contributed by atoms with Crippen molar-refractivity contribution in [3.8, 4) is 11.5 Å². The number of ketones is 1. The van der Waals surface area contributed by atoms with E-state index in [0.717, 1.165) is 24.0 Å². The maximum atomic E-state index is 14.5. The highest BCUT2D eigenvalue weighted by Crippen LogP contribution is 2.39. The molecule has 2 aliphatic carbocycles. The molecular formula is C73H123N9O15S. The van der Waals surface area contributed by atoms with Crippen molar-refractivity contribution in [2.24, 2.45) is 46.6 Å². The number of ether oxygens (including phenoxy) is 7. The molecule has 2 aromatic rings. The number of hydrogen-bond acceptors (Lipinski definition) is 21. The Morgan fingerprint density at radius 1 is 0.592 bits per heavy atom. The third-order valence-corrected chi connectivity index (χ3v) is 19.3. The lowest BCUT2D eigenvalue weighted by Gasteiger charge is -2.41. The van der Waals surface area contributed by atoms with Crippen LogP contribution >= 0.6 is 11.8 Å². The van der Waals surface area contributed by atoms with Gasteiger partial charge in [0.05, 0.1) is 67.5 Å². The van der Waals surface area contributed by atoms with Crippen LogP contribution in [0.25, 0.3) is 0 Å². The molecule has 24 nitrogen and oxygen atoms in total. The molecule has 0 aromatic heterocycles. The van der Waals surface area contributed by atoms with Crippen LogP contribution in [-0.4, -0.2) is 188 Å². The number of nitrogens with two attached hydrogens (primary N) is 4. The minimum absolute atomic E-state index is 0.00964. The second-order valence-electron chi connectivity index (χ2n) is 29.9. The smallest absolute Gasteiger partial charge is 0.373 e. The van der Waals surface area contributed by atoms with Crippen LogP contribution in [0, 0.1) is 23.7 Å².